The number of guanidine groups is 1. The second-order valence-electron chi connectivity index (χ2n) is 10.9. The number of rotatable bonds is 13. The van der Waals surface area contributed by atoms with E-state index < -0.39 is 47.0 Å². The van der Waals surface area contributed by atoms with Crippen molar-refractivity contribution in [3.63, 3.8) is 0 Å². The summed E-state index contributed by atoms with van der Waals surface area (Å²) in [4.78, 5) is 62.2. The molecule has 0 saturated carbocycles. The molecule has 3 atom stereocenters. The van der Waals surface area contributed by atoms with Crippen molar-refractivity contribution < 1.29 is 38.8 Å². The highest BCUT2D eigenvalue weighted by molar-refractivity contribution is 8.00. The number of carboxylic acid groups (broad SMARTS) is 2. The van der Waals surface area contributed by atoms with Gasteiger partial charge in [-0.3, -0.25) is 19.9 Å². The number of aromatic nitrogens is 3. The van der Waals surface area contributed by atoms with Gasteiger partial charge in [-0.25, -0.2) is 14.6 Å². The first-order valence-electron chi connectivity index (χ1n) is 14.4. The van der Waals surface area contributed by atoms with Crippen LogP contribution in [0.5, 0.6) is 0 Å². The van der Waals surface area contributed by atoms with Gasteiger partial charge in [0.1, 0.15) is 32.7 Å². The van der Waals surface area contributed by atoms with Crippen LogP contribution in [0.3, 0.4) is 0 Å². The molecule has 2 aliphatic rings. The minimum Gasteiger partial charge on any atom is -0.478 e. The Morgan fingerprint density at radius 1 is 1.35 bits per heavy atom. The molecule has 0 bridgehead atoms. The Bertz CT molecular complexity index is 1880. The number of thioether (sulfide) groups is 1. The molecule has 0 aliphatic carbocycles. The number of nitrogens with zero attached hydrogens (tertiary/aromatic N) is 6. The first-order valence-corrected chi connectivity index (χ1v) is 16.6. The molecule has 5 heterocycles. The molecule has 1 fully saturated rings. The quantitative estimate of drug-likeness (QED) is 0.0464. The van der Waals surface area contributed by atoms with E-state index in [0.717, 1.165) is 33.7 Å². The SMILES string of the molecule is C[C@H](ON=C(C(=O)N[C@@H]1C(=O)N2C(C(=O)O)=C(C[n+]3cccc4c3ccn4CCCN(C)C(=N)N)CS[C@H]12)c1nc(N)sc1Cl)C(=O)O. The number of aliphatic carboxylic acids is 2. The van der Waals surface area contributed by atoms with Crippen LogP contribution in [0.25, 0.3) is 11.0 Å². The average Bonchev–Trinajstić information content (AvgIpc) is 3.61. The largest absolute Gasteiger partial charge is 0.478 e. The van der Waals surface area contributed by atoms with Crippen LogP contribution in [0.1, 0.15) is 19.0 Å². The van der Waals surface area contributed by atoms with Crippen molar-refractivity contribution in [2.75, 3.05) is 25.1 Å². The number of anilines is 1. The highest BCUT2D eigenvalue weighted by atomic mass is 35.5. The molecule has 0 aromatic carbocycles. The standard InChI is InChI=1S/C28H31ClN10O7S2/c1-13(25(42)43)46-35-18(17-21(29)48-28(32)34-17)22(40)33-19-23(41)39-20(26(44)45)14(12-47-24(19)39)11-38-8-3-5-15-16(38)6-10-37(15)9-4-7-36(2)27(30)31/h3,5-6,8,10,13,19,24H,4,7,9,11-12H2,1-2H3,(H7-,30,31,32,33,34,40,42,43,44,45)/p+1/t13-,19+,24+/m0/s1. The molecule has 0 unspecified atom stereocenters. The van der Waals surface area contributed by atoms with Crippen molar-refractivity contribution in [3.8, 4) is 0 Å². The van der Waals surface area contributed by atoms with E-state index in [0.29, 0.717) is 18.7 Å². The van der Waals surface area contributed by atoms with Crippen LogP contribution in [-0.2, 0) is 37.1 Å². The van der Waals surface area contributed by atoms with Crippen molar-refractivity contribution >= 4 is 86.3 Å². The Hall–Kier alpha value is -4.88. The number of pyridine rings is 1. The topological polar surface area (TPSA) is 246 Å². The third-order valence-corrected chi connectivity index (χ3v) is 10.1. The fourth-order valence-corrected chi connectivity index (χ4v) is 7.46. The summed E-state index contributed by atoms with van der Waals surface area (Å²) in [6, 6.07) is 4.64. The van der Waals surface area contributed by atoms with Crippen molar-refractivity contribution in [1.29, 1.82) is 5.41 Å². The van der Waals surface area contributed by atoms with Gasteiger partial charge in [0.05, 0.1) is 0 Å². The van der Waals surface area contributed by atoms with E-state index in [-0.39, 0.29) is 39.1 Å². The highest BCUT2D eigenvalue weighted by Crippen LogP contribution is 2.40. The van der Waals surface area contributed by atoms with E-state index in [2.05, 4.69) is 20.0 Å². The van der Waals surface area contributed by atoms with Gasteiger partial charge in [0.25, 0.3) is 11.8 Å². The van der Waals surface area contributed by atoms with Crippen LogP contribution in [0, 0.1) is 5.41 Å². The zero-order valence-electron chi connectivity index (χ0n) is 25.6. The number of amides is 2. The molecular formula is C28H32ClN10O7S2+. The van der Waals surface area contributed by atoms with Crippen molar-refractivity contribution in [3.05, 3.63) is 51.9 Å². The Kier molecular flexibility index (Phi) is 10.1. The van der Waals surface area contributed by atoms with Gasteiger partial charge in [0.15, 0.2) is 29.5 Å². The monoisotopic (exact) mass is 719 g/mol. The summed E-state index contributed by atoms with van der Waals surface area (Å²) in [5, 5.41) is 32.4. The van der Waals surface area contributed by atoms with Gasteiger partial charge in [-0.15, -0.1) is 11.8 Å². The van der Waals surface area contributed by atoms with Gasteiger partial charge in [-0.05, 0) is 19.4 Å². The molecule has 8 N–H and O–H groups in total. The molecule has 1 saturated heterocycles. The van der Waals surface area contributed by atoms with Gasteiger partial charge in [-0.1, -0.05) is 28.1 Å². The molecule has 2 amide bonds. The first-order chi connectivity index (χ1) is 22.8. The van der Waals surface area contributed by atoms with Gasteiger partial charge in [0, 0.05) is 49.8 Å². The predicted molar refractivity (Wildman–Crippen MR) is 177 cm³/mol. The second kappa shape index (κ2) is 14.1. The van der Waals surface area contributed by atoms with E-state index in [1.807, 2.05) is 35.2 Å². The van der Waals surface area contributed by atoms with Crippen LogP contribution >= 0.6 is 34.7 Å². The van der Waals surface area contributed by atoms with Crippen LogP contribution < -0.4 is 21.4 Å². The summed E-state index contributed by atoms with van der Waals surface area (Å²) in [6.07, 6.45) is 3.12. The molecule has 3 aromatic rings. The lowest BCUT2D eigenvalue weighted by Gasteiger charge is -2.49. The normalized spacial score (nSPS) is 18.3. The summed E-state index contributed by atoms with van der Waals surface area (Å²) >= 11 is 8.33. The number of carboxylic acids is 2. The molecule has 0 radical (unpaired) electrons. The maximum atomic E-state index is 13.4. The number of nitrogen functional groups attached to an aromatic ring is 1. The number of nitrogens with one attached hydrogen (secondary N) is 2. The number of fused-ring (bicyclic) bond motifs is 2. The average molecular weight is 720 g/mol. The maximum Gasteiger partial charge on any atom is 0.352 e. The third kappa shape index (κ3) is 6.87. The Morgan fingerprint density at radius 2 is 2.10 bits per heavy atom. The number of carbonyl (C=O) groups is 4. The summed E-state index contributed by atoms with van der Waals surface area (Å²) in [6.45, 7) is 2.70. The number of carbonyl (C=O) groups excluding carboxylic acids is 2. The number of hydrogen-bond acceptors (Lipinski definition) is 11. The zero-order chi connectivity index (χ0) is 34.9. The first kappa shape index (κ1) is 34.5. The van der Waals surface area contributed by atoms with E-state index in [1.165, 1.54) is 18.7 Å². The number of oxime groups is 1. The minimum atomic E-state index is -1.42. The van der Waals surface area contributed by atoms with Gasteiger partial charge < -0.3 is 41.3 Å². The molecular weight excluding hydrogens is 688 g/mol. The Balaban J connectivity index is 1.34. The highest BCUT2D eigenvalue weighted by Gasteiger charge is 2.55. The molecule has 254 valence electrons. The summed E-state index contributed by atoms with van der Waals surface area (Å²) in [5.41, 5.74) is 12.7. The molecule has 20 heteroatoms. The fourth-order valence-electron chi connectivity index (χ4n) is 5.20. The smallest absolute Gasteiger partial charge is 0.352 e. The number of thiazole rings is 1. The zero-order valence-corrected chi connectivity index (χ0v) is 28.0. The summed E-state index contributed by atoms with van der Waals surface area (Å²) < 4.78 is 3.98. The van der Waals surface area contributed by atoms with Crippen molar-refractivity contribution in [2.24, 2.45) is 10.9 Å². The van der Waals surface area contributed by atoms with Crippen molar-refractivity contribution in [2.45, 2.75) is 44.0 Å². The van der Waals surface area contributed by atoms with Gasteiger partial charge in [0.2, 0.25) is 11.6 Å². The van der Waals surface area contributed by atoms with E-state index in [4.69, 9.17) is 38.4 Å². The molecule has 17 nitrogen and oxygen atoms in total. The maximum absolute atomic E-state index is 13.4. The number of β-lactam (4-membered cyclic amide) rings is 1. The van der Waals surface area contributed by atoms with Gasteiger partial charge in [-0.2, -0.15) is 4.57 Å². The summed E-state index contributed by atoms with van der Waals surface area (Å²) in [5.74, 6) is -3.95. The molecule has 0 spiro atoms. The summed E-state index contributed by atoms with van der Waals surface area (Å²) in [7, 11) is 1.75. The Morgan fingerprint density at radius 3 is 2.75 bits per heavy atom. The van der Waals surface area contributed by atoms with Crippen LogP contribution in [0.2, 0.25) is 4.34 Å². The van der Waals surface area contributed by atoms with Crippen molar-refractivity contribution in [1.82, 2.24) is 24.7 Å². The molecule has 5 rings (SSSR count). The van der Waals surface area contributed by atoms with E-state index >= 15 is 0 Å². The third-order valence-electron chi connectivity index (χ3n) is 7.71. The van der Waals surface area contributed by atoms with Crippen LogP contribution in [0.4, 0.5) is 5.13 Å². The fraction of sp³-hybridized carbons (Fsp3) is 0.357. The van der Waals surface area contributed by atoms with Crippen LogP contribution in [0.15, 0.2) is 47.0 Å². The molecule has 48 heavy (non-hydrogen) atoms. The number of halogens is 1. The lowest BCUT2D eigenvalue weighted by Crippen LogP contribution is -2.71. The van der Waals surface area contributed by atoms with Crippen LogP contribution in [-0.4, -0.2) is 102 Å². The van der Waals surface area contributed by atoms with E-state index in [1.54, 1.807) is 11.9 Å². The number of hydrogen-bond donors (Lipinski definition) is 6. The number of aryl methyl sites for hydroxylation is 1. The number of nitrogens with two attached hydrogens (primary N) is 2. The van der Waals surface area contributed by atoms with Gasteiger partial charge >= 0.3 is 11.9 Å². The molecule has 2 aliphatic heterocycles. The van der Waals surface area contributed by atoms with E-state index in [9.17, 15) is 24.3 Å². The molecule has 3 aromatic heterocycles. The predicted octanol–water partition coefficient (Wildman–Crippen LogP) is 0.469. The minimum absolute atomic E-state index is 0.00306. The lowest BCUT2D eigenvalue weighted by molar-refractivity contribution is -0.663. The lowest BCUT2D eigenvalue weighted by atomic mass is 10.0. The second-order valence-corrected chi connectivity index (χ2v) is 13.6. The Labute approximate surface area is 286 Å².